The molecule has 2 aromatic rings. The summed E-state index contributed by atoms with van der Waals surface area (Å²) >= 11 is 6.40. The van der Waals surface area contributed by atoms with Crippen molar-refractivity contribution in [3.05, 3.63) is 58.1 Å². The van der Waals surface area contributed by atoms with Crippen molar-refractivity contribution in [1.82, 2.24) is 0 Å². The number of carbonyl (C=O) groups excluding carboxylic acids is 1. The van der Waals surface area contributed by atoms with Gasteiger partial charge in [0.2, 0.25) is 0 Å². The van der Waals surface area contributed by atoms with Crippen molar-refractivity contribution in [2.24, 2.45) is 16.9 Å². The molecule has 0 aromatic heterocycles. The smallest absolute Gasteiger partial charge is 0.338 e. The number of benzene rings is 2. The van der Waals surface area contributed by atoms with E-state index in [9.17, 15) is 4.79 Å². The lowest BCUT2D eigenvalue weighted by atomic mass is 9.75. The van der Waals surface area contributed by atoms with Crippen LogP contribution in [0.2, 0.25) is 5.02 Å². The number of nitrogens with zero attached hydrogens (tertiary/aromatic N) is 2. The molecule has 0 saturated heterocycles. The number of carbonyl (C=O) groups is 1. The summed E-state index contributed by atoms with van der Waals surface area (Å²) in [6.45, 7) is 2.70. The van der Waals surface area contributed by atoms with Gasteiger partial charge in [0.1, 0.15) is 0 Å². The van der Waals surface area contributed by atoms with Crippen molar-refractivity contribution in [2.45, 2.75) is 83.6 Å². The number of rotatable bonds is 9. The van der Waals surface area contributed by atoms with E-state index >= 15 is 0 Å². The van der Waals surface area contributed by atoms with Crippen LogP contribution in [0.15, 0.2) is 41.5 Å². The number of fused-ring (bicyclic) bond motifs is 3. The third-order valence-corrected chi connectivity index (χ3v) is 8.54. The van der Waals surface area contributed by atoms with Crippen molar-refractivity contribution in [3.63, 3.8) is 0 Å². The van der Waals surface area contributed by atoms with Gasteiger partial charge in [0.05, 0.1) is 40.3 Å². The van der Waals surface area contributed by atoms with Crippen LogP contribution in [0, 0.1) is 11.8 Å². The van der Waals surface area contributed by atoms with Crippen LogP contribution < -0.4 is 10.7 Å². The average Bonchev–Trinajstić information content (AvgIpc) is 3.55. The van der Waals surface area contributed by atoms with Crippen molar-refractivity contribution in [2.75, 3.05) is 17.3 Å². The van der Waals surface area contributed by atoms with E-state index in [0.717, 1.165) is 37.1 Å². The molecule has 0 spiro atoms. The van der Waals surface area contributed by atoms with Crippen LogP contribution in [0.5, 0.6) is 0 Å². The fraction of sp³-hybridized carbons (Fsp3) is 0.533. The van der Waals surface area contributed by atoms with Gasteiger partial charge in [-0.3, -0.25) is 5.01 Å². The topological polar surface area (TPSA) is 67.9 Å². The number of hydrogen-bond acceptors (Lipinski definition) is 5. The molecule has 36 heavy (non-hydrogen) atoms. The molecular formula is C30H38ClN3O2. The van der Waals surface area contributed by atoms with Crippen LogP contribution in [0.1, 0.15) is 92.6 Å². The number of halogens is 1. The van der Waals surface area contributed by atoms with Gasteiger partial charge in [-0.25, -0.2) is 4.79 Å². The van der Waals surface area contributed by atoms with Gasteiger partial charge >= 0.3 is 5.97 Å². The van der Waals surface area contributed by atoms with Crippen molar-refractivity contribution in [1.29, 1.82) is 0 Å². The van der Waals surface area contributed by atoms with Gasteiger partial charge < -0.3 is 10.5 Å². The first-order valence-corrected chi connectivity index (χ1v) is 14.2. The molecule has 192 valence electrons. The van der Waals surface area contributed by atoms with Gasteiger partial charge in [-0.2, -0.15) is 5.10 Å². The summed E-state index contributed by atoms with van der Waals surface area (Å²) in [5, 5.41) is 8.00. The number of ether oxygens (including phenoxy) is 1. The third-order valence-electron chi connectivity index (χ3n) is 8.22. The first-order valence-electron chi connectivity index (χ1n) is 13.8. The number of esters is 1. The van der Waals surface area contributed by atoms with E-state index in [-0.39, 0.29) is 5.97 Å². The molecule has 2 aromatic carbocycles. The summed E-state index contributed by atoms with van der Waals surface area (Å²) < 4.78 is 5.57. The van der Waals surface area contributed by atoms with Crippen molar-refractivity contribution >= 4 is 34.7 Å². The second-order valence-corrected chi connectivity index (χ2v) is 11.0. The molecule has 0 amide bonds. The van der Waals surface area contributed by atoms with Crippen molar-refractivity contribution in [3.8, 4) is 0 Å². The molecule has 5 nitrogen and oxygen atoms in total. The zero-order chi connectivity index (χ0) is 25.1. The number of nitrogen functional groups attached to an aromatic ring is 1. The Morgan fingerprint density at radius 1 is 1.08 bits per heavy atom. The third kappa shape index (κ3) is 5.13. The first-order chi connectivity index (χ1) is 17.6. The Bertz CT molecular complexity index is 1130. The van der Waals surface area contributed by atoms with Gasteiger partial charge in [0.15, 0.2) is 0 Å². The largest absolute Gasteiger partial charge is 0.462 e. The SMILES string of the molecule is CCCCCCCOC(=O)c1ccc2c(c1)CC[C@H]1C2=NN(c2ccc(N)c(Cl)c2)[C@H]1C1CCCC1. The fourth-order valence-electron chi connectivity index (χ4n) is 6.31. The maximum Gasteiger partial charge on any atom is 0.338 e. The Morgan fingerprint density at radius 3 is 2.67 bits per heavy atom. The van der Waals surface area contributed by atoms with Crippen LogP contribution in [-0.2, 0) is 11.2 Å². The van der Waals surface area contributed by atoms with Crippen LogP contribution in [0.3, 0.4) is 0 Å². The van der Waals surface area contributed by atoms with Crippen LogP contribution in [0.4, 0.5) is 11.4 Å². The summed E-state index contributed by atoms with van der Waals surface area (Å²) in [6.07, 6.45) is 12.8. The predicted octanol–water partition coefficient (Wildman–Crippen LogP) is 7.39. The van der Waals surface area contributed by atoms with Crippen molar-refractivity contribution < 1.29 is 9.53 Å². The molecule has 3 aliphatic rings. The molecule has 1 aliphatic heterocycles. The summed E-state index contributed by atoms with van der Waals surface area (Å²) in [7, 11) is 0. The molecule has 2 atom stereocenters. The van der Waals surface area contributed by atoms with E-state index in [1.165, 1.54) is 56.1 Å². The van der Waals surface area contributed by atoms with Crippen LogP contribution in [-0.4, -0.2) is 24.3 Å². The van der Waals surface area contributed by atoms with E-state index in [1.807, 2.05) is 30.3 Å². The summed E-state index contributed by atoms with van der Waals surface area (Å²) in [4.78, 5) is 12.7. The van der Waals surface area contributed by atoms with Gasteiger partial charge in [-0.1, -0.05) is 63.1 Å². The molecule has 1 fully saturated rings. The van der Waals surface area contributed by atoms with Crippen LogP contribution >= 0.6 is 11.6 Å². The minimum absolute atomic E-state index is 0.217. The number of hydrazone groups is 1. The lowest BCUT2D eigenvalue weighted by Gasteiger charge is -2.34. The number of aryl methyl sites for hydroxylation is 1. The molecule has 1 heterocycles. The Hall–Kier alpha value is -2.53. The molecule has 0 bridgehead atoms. The van der Waals surface area contributed by atoms with E-state index in [4.69, 9.17) is 27.2 Å². The Morgan fingerprint density at radius 2 is 1.89 bits per heavy atom. The quantitative estimate of drug-likeness (QED) is 0.218. The molecule has 6 heteroatoms. The number of anilines is 2. The highest BCUT2D eigenvalue weighted by Crippen LogP contribution is 2.45. The monoisotopic (exact) mass is 507 g/mol. The molecule has 0 radical (unpaired) electrons. The van der Waals surface area contributed by atoms with E-state index in [2.05, 4.69) is 18.0 Å². The number of hydrogen-bond donors (Lipinski definition) is 1. The zero-order valence-electron chi connectivity index (χ0n) is 21.3. The average molecular weight is 508 g/mol. The standard InChI is InChI=1S/C30H38ClN3O2/c1-2-3-4-5-8-17-36-30(35)22-12-14-24-21(18-22)11-15-25-28(24)33-34(29(25)20-9-6-7-10-20)23-13-16-27(32)26(31)19-23/h12-14,16,18-20,25,29H,2-11,15,17,32H2,1H3/t25-,29-/m0/s1. The van der Waals surface area contributed by atoms with Gasteiger partial charge in [0, 0.05) is 11.5 Å². The molecule has 5 rings (SSSR count). The van der Waals surface area contributed by atoms with E-state index in [0.29, 0.717) is 40.8 Å². The van der Waals surface area contributed by atoms with Crippen LogP contribution in [0.25, 0.3) is 0 Å². The minimum Gasteiger partial charge on any atom is -0.462 e. The second-order valence-electron chi connectivity index (χ2n) is 10.6. The Balaban J connectivity index is 1.36. The number of nitrogens with two attached hydrogens (primary N) is 1. The fourth-order valence-corrected chi connectivity index (χ4v) is 6.48. The lowest BCUT2D eigenvalue weighted by molar-refractivity contribution is 0.0497. The second kappa shape index (κ2) is 11.2. The predicted molar refractivity (Wildman–Crippen MR) is 148 cm³/mol. The van der Waals surface area contributed by atoms with E-state index < -0.39 is 0 Å². The zero-order valence-corrected chi connectivity index (χ0v) is 22.1. The molecule has 0 unspecified atom stereocenters. The molecular weight excluding hydrogens is 470 g/mol. The minimum atomic E-state index is -0.217. The molecule has 2 aliphatic carbocycles. The maximum atomic E-state index is 12.7. The van der Waals surface area contributed by atoms with Gasteiger partial charge in [-0.15, -0.1) is 0 Å². The maximum absolute atomic E-state index is 12.7. The highest BCUT2D eigenvalue weighted by molar-refractivity contribution is 6.33. The Labute approximate surface area is 220 Å². The highest BCUT2D eigenvalue weighted by Gasteiger charge is 2.45. The summed E-state index contributed by atoms with van der Waals surface area (Å²) in [5.74, 6) is 0.796. The van der Waals surface area contributed by atoms with Gasteiger partial charge in [0.25, 0.3) is 0 Å². The lowest BCUT2D eigenvalue weighted by Crippen LogP contribution is -2.40. The molecule has 1 saturated carbocycles. The molecule has 2 N–H and O–H groups in total. The first kappa shape index (κ1) is 25.1. The van der Waals surface area contributed by atoms with E-state index in [1.54, 1.807) is 0 Å². The van der Waals surface area contributed by atoms with Gasteiger partial charge in [-0.05, 0) is 73.9 Å². The normalized spacial score (nSPS) is 21.3. The summed E-state index contributed by atoms with van der Waals surface area (Å²) in [5.41, 5.74) is 11.8. The number of unbranched alkanes of at least 4 members (excludes halogenated alkanes) is 4. The summed E-state index contributed by atoms with van der Waals surface area (Å²) in [6, 6.07) is 12.2. The Kier molecular flexibility index (Phi) is 7.85. The highest BCUT2D eigenvalue weighted by atomic mass is 35.5.